The molecule has 4 heteroatoms. The SMILES string of the molecule is CCCc1ccc(OC(=O)OCC)c(OC)c1. The van der Waals surface area contributed by atoms with Crippen molar-refractivity contribution in [3.05, 3.63) is 23.8 Å². The van der Waals surface area contributed by atoms with E-state index < -0.39 is 6.16 Å². The lowest BCUT2D eigenvalue weighted by molar-refractivity contribution is 0.103. The highest BCUT2D eigenvalue weighted by molar-refractivity contribution is 5.65. The van der Waals surface area contributed by atoms with Crippen molar-refractivity contribution in [1.82, 2.24) is 0 Å². The predicted molar refractivity (Wildman–Crippen MR) is 64.6 cm³/mol. The third kappa shape index (κ3) is 3.98. The molecule has 1 aromatic carbocycles. The van der Waals surface area contributed by atoms with Gasteiger partial charge in [0.1, 0.15) is 0 Å². The van der Waals surface area contributed by atoms with Crippen LogP contribution in [0.2, 0.25) is 0 Å². The van der Waals surface area contributed by atoms with E-state index in [-0.39, 0.29) is 6.61 Å². The van der Waals surface area contributed by atoms with Gasteiger partial charge in [-0.2, -0.15) is 0 Å². The quantitative estimate of drug-likeness (QED) is 0.583. The van der Waals surface area contributed by atoms with Crippen LogP contribution in [0.3, 0.4) is 0 Å². The van der Waals surface area contributed by atoms with Gasteiger partial charge in [-0.15, -0.1) is 0 Å². The molecule has 1 aromatic rings. The van der Waals surface area contributed by atoms with Gasteiger partial charge in [0.25, 0.3) is 0 Å². The average Bonchev–Trinajstić information content (AvgIpc) is 2.31. The highest BCUT2D eigenvalue weighted by Crippen LogP contribution is 2.28. The molecule has 0 saturated heterocycles. The molecular weight excluding hydrogens is 220 g/mol. The van der Waals surface area contributed by atoms with E-state index in [1.807, 2.05) is 12.1 Å². The van der Waals surface area contributed by atoms with Crippen LogP contribution >= 0.6 is 0 Å². The number of methoxy groups -OCH3 is 1. The van der Waals surface area contributed by atoms with Gasteiger partial charge in [-0.25, -0.2) is 4.79 Å². The molecule has 17 heavy (non-hydrogen) atoms. The lowest BCUT2D eigenvalue weighted by Gasteiger charge is -2.10. The fraction of sp³-hybridized carbons (Fsp3) is 0.462. The van der Waals surface area contributed by atoms with Gasteiger partial charge in [0.15, 0.2) is 11.5 Å². The third-order valence-electron chi connectivity index (χ3n) is 2.22. The lowest BCUT2D eigenvalue weighted by Crippen LogP contribution is -2.10. The maximum absolute atomic E-state index is 11.2. The second-order valence-corrected chi connectivity index (χ2v) is 3.52. The van der Waals surface area contributed by atoms with E-state index in [9.17, 15) is 4.79 Å². The molecule has 0 unspecified atom stereocenters. The second kappa shape index (κ2) is 6.78. The maximum atomic E-state index is 11.2. The number of rotatable bonds is 5. The third-order valence-corrected chi connectivity index (χ3v) is 2.22. The molecule has 0 bridgehead atoms. The fourth-order valence-electron chi connectivity index (χ4n) is 1.48. The number of hydrogen-bond acceptors (Lipinski definition) is 4. The van der Waals surface area contributed by atoms with E-state index in [0.717, 1.165) is 18.4 Å². The van der Waals surface area contributed by atoms with Crippen LogP contribution in [0, 0.1) is 0 Å². The minimum absolute atomic E-state index is 0.287. The monoisotopic (exact) mass is 238 g/mol. The molecule has 0 radical (unpaired) electrons. The Balaban J connectivity index is 2.81. The minimum atomic E-state index is -0.714. The summed E-state index contributed by atoms with van der Waals surface area (Å²) < 4.78 is 14.9. The van der Waals surface area contributed by atoms with Gasteiger partial charge in [-0.1, -0.05) is 19.4 Å². The molecule has 0 aliphatic carbocycles. The van der Waals surface area contributed by atoms with Gasteiger partial charge in [-0.3, -0.25) is 0 Å². The maximum Gasteiger partial charge on any atom is 0.513 e. The molecule has 0 saturated carbocycles. The van der Waals surface area contributed by atoms with E-state index in [1.165, 1.54) is 0 Å². The summed E-state index contributed by atoms with van der Waals surface area (Å²) in [6.45, 7) is 4.12. The highest BCUT2D eigenvalue weighted by Gasteiger charge is 2.11. The number of benzene rings is 1. The van der Waals surface area contributed by atoms with Crippen LogP contribution in [-0.2, 0) is 11.2 Å². The topological polar surface area (TPSA) is 44.8 Å². The van der Waals surface area contributed by atoms with Gasteiger partial charge in [0.2, 0.25) is 0 Å². The summed E-state index contributed by atoms with van der Waals surface area (Å²) >= 11 is 0. The molecule has 0 aromatic heterocycles. The zero-order valence-electron chi connectivity index (χ0n) is 10.5. The molecule has 0 fully saturated rings. The Morgan fingerprint density at radius 3 is 2.59 bits per heavy atom. The Labute approximate surface area is 101 Å². The van der Waals surface area contributed by atoms with Crippen LogP contribution in [0.4, 0.5) is 4.79 Å². The van der Waals surface area contributed by atoms with Crippen LogP contribution in [0.1, 0.15) is 25.8 Å². The van der Waals surface area contributed by atoms with Crippen molar-refractivity contribution in [3.8, 4) is 11.5 Å². The first-order valence-corrected chi connectivity index (χ1v) is 5.72. The smallest absolute Gasteiger partial charge is 0.493 e. The molecule has 0 aliphatic heterocycles. The summed E-state index contributed by atoms with van der Waals surface area (Å²) in [6.07, 6.45) is 1.31. The van der Waals surface area contributed by atoms with Gasteiger partial charge in [0.05, 0.1) is 13.7 Å². The van der Waals surface area contributed by atoms with Crippen LogP contribution in [0.25, 0.3) is 0 Å². The first-order valence-electron chi connectivity index (χ1n) is 5.72. The summed E-state index contributed by atoms with van der Waals surface area (Å²) in [7, 11) is 1.54. The minimum Gasteiger partial charge on any atom is -0.493 e. The Kier molecular flexibility index (Phi) is 5.33. The Hall–Kier alpha value is -1.71. The van der Waals surface area contributed by atoms with Crippen molar-refractivity contribution in [3.63, 3.8) is 0 Å². The Morgan fingerprint density at radius 1 is 1.24 bits per heavy atom. The number of carbonyl (C=O) groups excluding carboxylic acids is 1. The second-order valence-electron chi connectivity index (χ2n) is 3.52. The van der Waals surface area contributed by atoms with E-state index >= 15 is 0 Å². The van der Waals surface area contributed by atoms with Crippen molar-refractivity contribution in [2.45, 2.75) is 26.7 Å². The molecule has 0 heterocycles. The van der Waals surface area contributed by atoms with Crippen molar-refractivity contribution in [2.24, 2.45) is 0 Å². The molecule has 0 spiro atoms. The van der Waals surface area contributed by atoms with E-state index in [2.05, 4.69) is 6.92 Å². The molecular formula is C13H18O4. The van der Waals surface area contributed by atoms with Crippen molar-refractivity contribution < 1.29 is 19.0 Å². The Bertz CT molecular complexity index is 374. The average molecular weight is 238 g/mol. The zero-order valence-corrected chi connectivity index (χ0v) is 10.5. The molecule has 0 atom stereocenters. The lowest BCUT2D eigenvalue weighted by atomic mass is 10.1. The zero-order chi connectivity index (χ0) is 12.7. The van der Waals surface area contributed by atoms with Crippen molar-refractivity contribution in [1.29, 1.82) is 0 Å². The van der Waals surface area contributed by atoms with E-state index in [1.54, 1.807) is 20.1 Å². The predicted octanol–water partition coefficient (Wildman–Crippen LogP) is 3.18. The summed E-state index contributed by atoms with van der Waals surface area (Å²) in [5, 5.41) is 0. The summed E-state index contributed by atoms with van der Waals surface area (Å²) in [4.78, 5) is 11.2. The van der Waals surface area contributed by atoms with Crippen molar-refractivity contribution in [2.75, 3.05) is 13.7 Å². The first kappa shape index (κ1) is 13.4. The van der Waals surface area contributed by atoms with Crippen LogP contribution < -0.4 is 9.47 Å². The number of aryl methyl sites for hydroxylation is 1. The van der Waals surface area contributed by atoms with Crippen molar-refractivity contribution >= 4 is 6.16 Å². The Morgan fingerprint density at radius 2 is 2.00 bits per heavy atom. The van der Waals surface area contributed by atoms with Crippen LogP contribution in [0.5, 0.6) is 11.5 Å². The first-order chi connectivity index (χ1) is 8.21. The molecule has 0 amide bonds. The van der Waals surface area contributed by atoms with E-state index in [0.29, 0.717) is 11.5 Å². The van der Waals surface area contributed by atoms with Gasteiger partial charge < -0.3 is 14.2 Å². The van der Waals surface area contributed by atoms with Crippen LogP contribution in [-0.4, -0.2) is 19.9 Å². The summed E-state index contributed by atoms with van der Waals surface area (Å²) in [5.74, 6) is 0.926. The van der Waals surface area contributed by atoms with E-state index in [4.69, 9.17) is 14.2 Å². The van der Waals surface area contributed by atoms with Gasteiger partial charge >= 0.3 is 6.16 Å². The molecule has 4 nitrogen and oxygen atoms in total. The van der Waals surface area contributed by atoms with Crippen LogP contribution in [0.15, 0.2) is 18.2 Å². The molecule has 94 valence electrons. The highest BCUT2D eigenvalue weighted by atomic mass is 16.7. The van der Waals surface area contributed by atoms with Gasteiger partial charge in [0, 0.05) is 0 Å². The number of hydrogen-bond donors (Lipinski definition) is 0. The molecule has 1 rings (SSSR count). The fourth-order valence-corrected chi connectivity index (χ4v) is 1.48. The number of carbonyl (C=O) groups is 1. The molecule has 0 N–H and O–H groups in total. The largest absolute Gasteiger partial charge is 0.513 e. The standard InChI is InChI=1S/C13H18O4/c1-4-6-10-7-8-11(12(9-10)15-3)17-13(14)16-5-2/h7-9H,4-6H2,1-3H3. The number of ether oxygens (including phenoxy) is 3. The van der Waals surface area contributed by atoms with Gasteiger partial charge in [-0.05, 0) is 31.0 Å². The summed E-state index contributed by atoms with van der Waals surface area (Å²) in [5.41, 5.74) is 1.15. The normalized spacial score (nSPS) is 9.82. The molecule has 0 aliphatic rings. The summed E-state index contributed by atoms with van der Waals surface area (Å²) in [6, 6.07) is 5.51.